The van der Waals surface area contributed by atoms with Gasteiger partial charge in [-0.15, -0.1) is 0 Å². The van der Waals surface area contributed by atoms with E-state index in [0.717, 1.165) is 53.0 Å². The van der Waals surface area contributed by atoms with Gasteiger partial charge in [0.2, 0.25) is 0 Å². The minimum absolute atomic E-state index is 0.00858. The molecule has 1 aromatic heterocycles. The summed E-state index contributed by atoms with van der Waals surface area (Å²) < 4.78 is 11.4. The van der Waals surface area contributed by atoms with E-state index in [4.69, 9.17) is 21.1 Å². The van der Waals surface area contributed by atoms with Crippen LogP contribution in [0, 0.1) is 6.92 Å². The number of aromatic nitrogens is 1. The number of halogens is 1. The predicted molar refractivity (Wildman–Crippen MR) is 112 cm³/mol. The molecule has 0 N–H and O–H groups in total. The number of hydrogen-bond acceptors (Lipinski definition) is 4. The Bertz CT molecular complexity index is 1110. The van der Waals surface area contributed by atoms with Crippen LogP contribution in [-0.4, -0.2) is 35.5 Å². The van der Waals surface area contributed by atoms with Crippen molar-refractivity contribution in [2.45, 2.75) is 25.8 Å². The van der Waals surface area contributed by atoms with Crippen molar-refractivity contribution in [3.05, 3.63) is 64.3 Å². The Hall–Kier alpha value is -2.79. The van der Waals surface area contributed by atoms with Gasteiger partial charge in [-0.2, -0.15) is 0 Å². The molecule has 1 saturated heterocycles. The molecular weight excluding hydrogens is 388 g/mol. The van der Waals surface area contributed by atoms with Crippen LogP contribution in [0.3, 0.4) is 0 Å². The van der Waals surface area contributed by atoms with E-state index in [1.165, 1.54) is 0 Å². The summed E-state index contributed by atoms with van der Waals surface area (Å²) in [5.41, 5.74) is 3.28. The molecule has 29 heavy (non-hydrogen) atoms. The number of carbonyl (C=O) groups excluding carboxylic acids is 1. The number of hydrogen-bond donors (Lipinski definition) is 0. The molecule has 3 aromatic rings. The lowest BCUT2D eigenvalue weighted by Gasteiger charge is -2.27. The highest BCUT2D eigenvalue weighted by atomic mass is 35.5. The summed E-state index contributed by atoms with van der Waals surface area (Å²) in [6.07, 6.45) is 1.90. The number of likely N-dealkylation sites (tertiary alicyclic amines) is 1. The number of aryl methyl sites for hydroxylation is 1. The van der Waals surface area contributed by atoms with Gasteiger partial charge in [-0.3, -0.25) is 9.78 Å². The van der Waals surface area contributed by atoms with Gasteiger partial charge in [0.1, 0.15) is 13.2 Å². The maximum absolute atomic E-state index is 13.5. The average molecular weight is 409 g/mol. The van der Waals surface area contributed by atoms with Crippen LogP contribution >= 0.6 is 11.6 Å². The quantitative estimate of drug-likeness (QED) is 0.602. The molecule has 1 atom stereocenters. The lowest BCUT2D eigenvalue weighted by Crippen LogP contribution is -2.31. The summed E-state index contributed by atoms with van der Waals surface area (Å²) in [6, 6.07) is 13.5. The van der Waals surface area contributed by atoms with Crippen molar-refractivity contribution >= 4 is 28.4 Å². The number of pyridine rings is 1. The highest BCUT2D eigenvalue weighted by molar-refractivity contribution is 6.31. The molecule has 0 aliphatic carbocycles. The third-order valence-electron chi connectivity index (χ3n) is 5.66. The van der Waals surface area contributed by atoms with E-state index in [2.05, 4.69) is 4.98 Å². The predicted octanol–water partition coefficient (Wildman–Crippen LogP) is 4.95. The van der Waals surface area contributed by atoms with E-state index in [9.17, 15) is 4.79 Å². The summed E-state index contributed by atoms with van der Waals surface area (Å²) >= 11 is 6.13. The second kappa shape index (κ2) is 7.23. The molecule has 0 unspecified atom stereocenters. The van der Waals surface area contributed by atoms with Crippen LogP contribution in [-0.2, 0) is 0 Å². The Morgan fingerprint density at radius 1 is 1.10 bits per heavy atom. The highest BCUT2D eigenvalue weighted by Gasteiger charge is 2.32. The monoisotopic (exact) mass is 408 g/mol. The molecule has 5 rings (SSSR count). The molecule has 0 bridgehead atoms. The van der Waals surface area contributed by atoms with Crippen molar-refractivity contribution in [3.63, 3.8) is 0 Å². The second-order valence-corrected chi connectivity index (χ2v) is 7.95. The van der Waals surface area contributed by atoms with Crippen LogP contribution in [0.15, 0.2) is 42.5 Å². The van der Waals surface area contributed by atoms with Crippen molar-refractivity contribution in [2.24, 2.45) is 0 Å². The fourth-order valence-corrected chi connectivity index (χ4v) is 4.42. The van der Waals surface area contributed by atoms with Gasteiger partial charge in [0.05, 0.1) is 22.8 Å². The molecule has 0 saturated carbocycles. The topological polar surface area (TPSA) is 51.7 Å². The summed E-state index contributed by atoms with van der Waals surface area (Å²) in [5.74, 6) is 1.53. The fraction of sp³-hybridized carbons (Fsp3) is 0.304. The summed E-state index contributed by atoms with van der Waals surface area (Å²) in [4.78, 5) is 20.0. The zero-order valence-electron chi connectivity index (χ0n) is 16.2. The number of nitrogens with zero attached hydrogens (tertiary/aromatic N) is 2. The first-order chi connectivity index (χ1) is 14.1. The maximum atomic E-state index is 13.5. The molecule has 1 amide bonds. The molecule has 2 aliphatic heterocycles. The molecule has 3 heterocycles. The Balaban J connectivity index is 1.49. The Morgan fingerprint density at radius 3 is 2.79 bits per heavy atom. The lowest BCUT2D eigenvalue weighted by molar-refractivity contribution is 0.0734. The Labute approximate surface area is 174 Å². The van der Waals surface area contributed by atoms with Gasteiger partial charge in [-0.25, -0.2) is 0 Å². The maximum Gasteiger partial charge on any atom is 0.256 e. The van der Waals surface area contributed by atoms with Crippen molar-refractivity contribution in [1.82, 2.24) is 9.88 Å². The number of carbonyl (C=O) groups is 1. The first kappa shape index (κ1) is 18.3. The van der Waals surface area contributed by atoms with Crippen molar-refractivity contribution in [1.29, 1.82) is 0 Å². The molecule has 2 aliphatic rings. The smallest absolute Gasteiger partial charge is 0.256 e. The molecule has 6 heteroatoms. The Kier molecular flexibility index (Phi) is 4.55. The molecule has 5 nitrogen and oxygen atoms in total. The van der Waals surface area contributed by atoms with Crippen LogP contribution in [0.4, 0.5) is 0 Å². The van der Waals surface area contributed by atoms with E-state index >= 15 is 0 Å². The van der Waals surface area contributed by atoms with Crippen LogP contribution in [0.2, 0.25) is 5.02 Å². The SMILES string of the molecule is Cc1nc2ccc(Cl)cc2cc1C(=O)N1CCC[C@H]1c1ccc2c(c1)OCCO2. The number of fused-ring (bicyclic) bond motifs is 2. The standard InChI is InChI=1S/C23H21ClN2O3/c1-14-18(12-16-11-17(24)5-6-19(16)25-14)23(27)26-8-2-3-20(26)15-4-7-21-22(13-15)29-10-9-28-21/h4-7,11-13,20H,2-3,8-10H2,1H3/t20-/m0/s1. The van der Waals surface area contributed by atoms with Crippen molar-refractivity contribution < 1.29 is 14.3 Å². The minimum Gasteiger partial charge on any atom is -0.486 e. The molecule has 0 radical (unpaired) electrons. The Morgan fingerprint density at radius 2 is 1.93 bits per heavy atom. The van der Waals surface area contributed by atoms with E-state index in [1.807, 2.05) is 54.3 Å². The second-order valence-electron chi connectivity index (χ2n) is 7.52. The van der Waals surface area contributed by atoms with E-state index in [0.29, 0.717) is 23.8 Å². The normalized spacial score (nSPS) is 18.3. The zero-order valence-corrected chi connectivity index (χ0v) is 16.9. The third-order valence-corrected chi connectivity index (χ3v) is 5.90. The van der Waals surface area contributed by atoms with Gasteiger partial charge >= 0.3 is 0 Å². The van der Waals surface area contributed by atoms with Crippen LogP contribution in [0.5, 0.6) is 11.5 Å². The largest absolute Gasteiger partial charge is 0.486 e. The first-order valence-electron chi connectivity index (χ1n) is 9.87. The number of benzene rings is 2. The molecule has 1 fully saturated rings. The van der Waals surface area contributed by atoms with E-state index in [1.54, 1.807) is 0 Å². The van der Waals surface area contributed by atoms with Gasteiger partial charge in [-0.1, -0.05) is 17.7 Å². The van der Waals surface area contributed by atoms with Crippen LogP contribution in [0.25, 0.3) is 10.9 Å². The highest BCUT2D eigenvalue weighted by Crippen LogP contribution is 2.39. The molecule has 0 spiro atoms. The van der Waals surface area contributed by atoms with Crippen molar-refractivity contribution in [2.75, 3.05) is 19.8 Å². The van der Waals surface area contributed by atoms with Gasteiger partial charge in [0, 0.05) is 17.0 Å². The lowest BCUT2D eigenvalue weighted by atomic mass is 10.0. The van der Waals surface area contributed by atoms with Gasteiger partial charge in [0.25, 0.3) is 5.91 Å². The fourth-order valence-electron chi connectivity index (χ4n) is 4.24. The van der Waals surface area contributed by atoms with E-state index < -0.39 is 0 Å². The van der Waals surface area contributed by atoms with Crippen LogP contribution in [0.1, 0.15) is 40.5 Å². The van der Waals surface area contributed by atoms with Gasteiger partial charge < -0.3 is 14.4 Å². The molecule has 2 aromatic carbocycles. The van der Waals surface area contributed by atoms with E-state index in [-0.39, 0.29) is 11.9 Å². The summed E-state index contributed by atoms with van der Waals surface area (Å²) in [5, 5.41) is 1.51. The van der Waals surface area contributed by atoms with Gasteiger partial charge in [0.15, 0.2) is 11.5 Å². The number of rotatable bonds is 2. The summed E-state index contributed by atoms with van der Waals surface area (Å²) in [7, 11) is 0. The molecule has 148 valence electrons. The summed E-state index contributed by atoms with van der Waals surface area (Å²) in [6.45, 7) is 3.73. The van der Waals surface area contributed by atoms with Crippen molar-refractivity contribution in [3.8, 4) is 11.5 Å². The average Bonchev–Trinajstić information content (AvgIpc) is 3.22. The molecular formula is C23H21ClN2O3. The van der Waals surface area contributed by atoms with Gasteiger partial charge in [-0.05, 0) is 61.7 Å². The van der Waals surface area contributed by atoms with Crippen LogP contribution < -0.4 is 9.47 Å². The number of amides is 1. The number of ether oxygens (including phenoxy) is 2. The first-order valence-corrected chi connectivity index (χ1v) is 10.3. The third kappa shape index (κ3) is 3.29. The minimum atomic E-state index is 0.00858. The zero-order chi connectivity index (χ0) is 20.0.